The Morgan fingerprint density at radius 2 is 2.22 bits per heavy atom. The first kappa shape index (κ1) is 12.9. The normalized spacial score (nSPS) is 11.8. The maximum atomic E-state index is 12.2. The first-order valence-corrected chi connectivity index (χ1v) is 6.19. The van der Waals surface area contributed by atoms with Gasteiger partial charge in [-0.3, -0.25) is 4.98 Å². The molecule has 2 aromatic rings. The Labute approximate surface area is 111 Å². The lowest BCUT2D eigenvalue weighted by Gasteiger charge is -2.20. The number of rotatable bonds is 1. The van der Waals surface area contributed by atoms with Crippen molar-refractivity contribution in [2.45, 2.75) is 32.3 Å². The fourth-order valence-corrected chi connectivity index (χ4v) is 1.92. The van der Waals surface area contributed by atoms with Gasteiger partial charge in [-0.1, -0.05) is 0 Å². The van der Waals surface area contributed by atoms with Crippen molar-refractivity contribution in [2.24, 2.45) is 0 Å². The minimum Gasteiger partial charge on any atom is -0.443 e. The van der Waals surface area contributed by atoms with Crippen LogP contribution in [0.3, 0.4) is 0 Å². The molecule has 18 heavy (non-hydrogen) atoms. The van der Waals surface area contributed by atoms with Gasteiger partial charge in [-0.15, -0.1) is 11.6 Å². The van der Waals surface area contributed by atoms with E-state index < -0.39 is 11.7 Å². The summed E-state index contributed by atoms with van der Waals surface area (Å²) in [6.45, 7) is 5.49. The molecule has 2 heterocycles. The van der Waals surface area contributed by atoms with E-state index in [2.05, 4.69) is 4.98 Å². The highest BCUT2D eigenvalue weighted by molar-refractivity contribution is 6.17. The number of alkyl halides is 1. The van der Waals surface area contributed by atoms with Gasteiger partial charge in [0.1, 0.15) is 5.60 Å². The molecule has 0 saturated carbocycles. The molecule has 2 aromatic heterocycles. The van der Waals surface area contributed by atoms with Crippen molar-refractivity contribution >= 4 is 28.6 Å². The van der Waals surface area contributed by atoms with Crippen molar-refractivity contribution in [3.05, 3.63) is 30.2 Å². The first-order chi connectivity index (χ1) is 8.42. The van der Waals surface area contributed by atoms with Crippen LogP contribution in [0.15, 0.2) is 24.5 Å². The summed E-state index contributed by atoms with van der Waals surface area (Å²) in [6, 6.07) is 3.71. The van der Waals surface area contributed by atoms with E-state index in [9.17, 15) is 4.79 Å². The van der Waals surface area contributed by atoms with Crippen LogP contribution in [-0.4, -0.2) is 21.2 Å². The molecule has 0 aromatic carbocycles. The second kappa shape index (κ2) is 4.61. The number of fused-ring (bicyclic) bond motifs is 1. The molecule has 5 heteroatoms. The number of carbonyl (C=O) groups excluding carboxylic acids is 1. The van der Waals surface area contributed by atoms with E-state index in [-0.39, 0.29) is 5.88 Å². The number of halogens is 1. The van der Waals surface area contributed by atoms with E-state index in [0.717, 1.165) is 5.39 Å². The van der Waals surface area contributed by atoms with Crippen molar-refractivity contribution in [1.29, 1.82) is 0 Å². The number of aromatic nitrogens is 2. The Morgan fingerprint density at radius 3 is 2.83 bits per heavy atom. The summed E-state index contributed by atoms with van der Waals surface area (Å²) in [5, 5.41) is 0.923. The van der Waals surface area contributed by atoms with Crippen LogP contribution in [0.1, 0.15) is 26.5 Å². The summed E-state index contributed by atoms with van der Waals surface area (Å²) in [6.07, 6.45) is 2.89. The quantitative estimate of drug-likeness (QED) is 0.742. The molecule has 0 unspecified atom stereocenters. The predicted octanol–water partition coefficient (Wildman–Crippen LogP) is 3.56. The molecule has 0 N–H and O–H groups in total. The van der Waals surface area contributed by atoms with E-state index in [1.54, 1.807) is 12.4 Å². The zero-order valence-corrected chi connectivity index (χ0v) is 11.4. The molecule has 0 radical (unpaired) electrons. The van der Waals surface area contributed by atoms with Crippen LogP contribution < -0.4 is 0 Å². The minimum atomic E-state index is -0.542. The molecule has 0 atom stereocenters. The summed E-state index contributed by atoms with van der Waals surface area (Å²) < 4.78 is 6.84. The summed E-state index contributed by atoms with van der Waals surface area (Å²) >= 11 is 5.87. The molecular weight excluding hydrogens is 252 g/mol. The topological polar surface area (TPSA) is 44.1 Å². The monoisotopic (exact) mass is 266 g/mol. The van der Waals surface area contributed by atoms with Gasteiger partial charge in [-0.2, -0.15) is 0 Å². The third-order valence-corrected chi connectivity index (χ3v) is 2.67. The smallest absolute Gasteiger partial charge is 0.419 e. The highest BCUT2D eigenvalue weighted by Gasteiger charge is 2.21. The summed E-state index contributed by atoms with van der Waals surface area (Å²) in [5.41, 5.74) is 0.871. The van der Waals surface area contributed by atoms with Crippen molar-refractivity contribution in [1.82, 2.24) is 9.55 Å². The van der Waals surface area contributed by atoms with Gasteiger partial charge in [0.2, 0.25) is 0 Å². The Balaban J connectivity index is 2.51. The van der Waals surface area contributed by atoms with Crippen LogP contribution in [-0.2, 0) is 10.6 Å². The van der Waals surface area contributed by atoms with Gasteiger partial charge in [-0.05, 0) is 32.9 Å². The van der Waals surface area contributed by atoms with E-state index >= 15 is 0 Å². The van der Waals surface area contributed by atoms with Gasteiger partial charge in [0.05, 0.1) is 17.6 Å². The number of carbonyl (C=O) groups is 1. The second-order valence-corrected chi connectivity index (χ2v) is 5.29. The molecule has 0 spiro atoms. The Bertz CT molecular complexity index is 584. The van der Waals surface area contributed by atoms with E-state index in [0.29, 0.717) is 11.2 Å². The fraction of sp³-hybridized carbons (Fsp3) is 0.385. The predicted molar refractivity (Wildman–Crippen MR) is 70.9 cm³/mol. The van der Waals surface area contributed by atoms with Gasteiger partial charge < -0.3 is 4.74 Å². The molecule has 0 aliphatic rings. The molecule has 2 rings (SSSR count). The van der Waals surface area contributed by atoms with Crippen molar-refractivity contribution in [3.63, 3.8) is 0 Å². The van der Waals surface area contributed by atoms with Gasteiger partial charge >= 0.3 is 6.09 Å². The van der Waals surface area contributed by atoms with Crippen LogP contribution in [0.5, 0.6) is 0 Å². The van der Waals surface area contributed by atoms with Crippen molar-refractivity contribution < 1.29 is 9.53 Å². The molecule has 4 nitrogen and oxygen atoms in total. The standard InChI is InChI=1S/C13H15ClN2O2/c1-13(2,3)18-12(17)16-10(7-14)6-9-4-5-15-8-11(9)16/h4-6,8H,7H2,1-3H3. The average molecular weight is 267 g/mol. The first-order valence-electron chi connectivity index (χ1n) is 5.66. The highest BCUT2D eigenvalue weighted by Crippen LogP contribution is 2.22. The van der Waals surface area contributed by atoms with Crippen LogP contribution in [0.25, 0.3) is 10.9 Å². The number of ether oxygens (including phenoxy) is 1. The second-order valence-electron chi connectivity index (χ2n) is 5.02. The summed E-state index contributed by atoms with van der Waals surface area (Å²) in [4.78, 5) is 16.2. The fourth-order valence-electron chi connectivity index (χ4n) is 1.73. The van der Waals surface area contributed by atoms with Gasteiger partial charge in [0.25, 0.3) is 0 Å². The average Bonchev–Trinajstić information content (AvgIpc) is 2.64. The molecular formula is C13H15ClN2O2. The van der Waals surface area contributed by atoms with Gasteiger partial charge in [0.15, 0.2) is 0 Å². The van der Waals surface area contributed by atoms with Crippen molar-refractivity contribution in [2.75, 3.05) is 0 Å². The Morgan fingerprint density at radius 1 is 1.50 bits per heavy atom. The molecule has 0 aliphatic carbocycles. The third-order valence-electron chi connectivity index (χ3n) is 2.40. The number of hydrogen-bond acceptors (Lipinski definition) is 3. The Hall–Kier alpha value is -1.55. The highest BCUT2D eigenvalue weighted by atomic mass is 35.5. The molecule has 0 bridgehead atoms. The maximum Gasteiger partial charge on any atom is 0.419 e. The van der Waals surface area contributed by atoms with Gasteiger partial charge in [-0.25, -0.2) is 9.36 Å². The van der Waals surface area contributed by atoms with Crippen molar-refractivity contribution in [3.8, 4) is 0 Å². The maximum absolute atomic E-state index is 12.2. The molecule has 0 fully saturated rings. The lowest BCUT2D eigenvalue weighted by atomic mass is 10.2. The minimum absolute atomic E-state index is 0.244. The Kier molecular flexibility index (Phi) is 3.30. The molecule has 0 aliphatic heterocycles. The van der Waals surface area contributed by atoms with Crippen LogP contribution in [0, 0.1) is 0 Å². The molecule has 96 valence electrons. The largest absolute Gasteiger partial charge is 0.443 e. The van der Waals surface area contributed by atoms with E-state index in [1.807, 2.05) is 32.9 Å². The van der Waals surface area contributed by atoms with E-state index in [4.69, 9.17) is 16.3 Å². The van der Waals surface area contributed by atoms with Gasteiger partial charge in [0, 0.05) is 17.3 Å². The number of nitrogens with zero attached hydrogens (tertiary/aromatic N) is 2. The molecule has 0 saturated heterocycles. The van der Waals surface area contributed by atoms with E-state index in [1.165, 1.54) is 4.57 Å². The third kappa shape index (κ3) is 2.48. The SMILES string of the molecule is CC(C)(C)OC(=O)n1c(CCl)cc2ccncc21. The number of hydrogen-bond donors (Lipinski definition) is 0. The van der Waals surface area contributed by atoms with Crippen LogP contribution in [0.4, 0.5) is 4.79 Å². The van der Waals surface area contributed by atoms with Crippen LogP contribution >= 0.6 is 11.6 Å². The number of pyridine rings is 1. The molecule has 0 amide bonds. The lowest BCUT2D eigenvalue weighted by molar-refractivity contribution is 0.0541. The zero-order chi connectivity index (χ0) is 13.3. The van der Waals surface area contributed by atoms with Crippen LogP contribution in [0.2, 0.25) is 0 Å². The lowest BCUT2D eigenvalue weighted by Crippen LogP contribution is -2.27. The zero-order valence-electron chi connectivity index (χ0n) is 10.6. The summed E-state index contributed by atoms with van der Waals surface area (Å²) in [7, 11) is 0. The summed E-state index contributed by atoms with van der Waals surface area (Å²) in [5.74, 6) is 0.244.